The highest BCUT2D eigenvalue weighted by molar-refractivity contribution is 7.64. The van der Waals surface area contributed by atoms with E-state index in [1.807, 2.05) is 68.4 Å². The number of hydrogen-bond acceptors (Lipinski definition) is 7. The van der Waals surface area contributed by atoms with Crippen LogP contribution in [-0.4, -0.2) is 41.8 Å². The van der Waals surface area contributed by atoms with Gasteiger partial charge >= 0.3 is 0 Å². The van der Waals surface area contributed by atoms with Crippen LogP contribution in [0.1, 0.15) is 94.4 Å². The number of unbranched alkanes of at least 4 members (excludes halogenated alkanes) is 2. The molecule has 2 saturated heterocycles. The summed E-state index contributed by atoms with van der Waals surface area (Å²) in [5.41, 5.74) is -2.39. The van der Waals surface area contributed by atoms with Crippen molar-refractivity contribution in [2.75, 3.05) is 19.4 Å². The fraction of sp³-hybridized carbons (Fsp3) is 0.913. The van der Waals surface area contributed by atoms with Crippen LogP contribution in [0.3, 0.4) is 0 Å². The quantitative estimate of drug-likeness (QED) is 0.284. The van der Waals surface area contributed by atoms with E-state index in [-0.39, 0.29) is 0 Å². The topological polar surface area (TPSA) is 92.3 Å². The van der Waals surface area contributed by atoms with Gasteiger partial charge in [-0.15, -0.1) is 0 Å². The van der Waals surface area contributed by atoms with Gasteiger partial charge in [0.2, 0.25) is 7.94 Å². The van der Waals surface area contributed by atoms with Gasteiger partial charge in [-0.2, -0.15) is 9.05 Å². The lowest BCUT2D eigenvalue weighted by molar-refractivity contribution is -0.212. The maximum Gasteiger partial charge on any atom is 0.268 e. The van der Waals surface area contributed by atoms with E-state index in [1.54, 1.807) is 0 Å². The van der Waals surface area contributed by atoms with Crippen molar-refractivity contribution >= 4 is 15.9 Å². The summed E-state index contributed by atoms with van der Waals surface area (Å²) >= 11 is 0. The van der Waals surface area contributed by atoms with Crippen molar-refractivity contribution in [1.29, 1.82) is 0 Å². The molecule has 9 heteroatoms. The van der Waals surface area contributed by atoms with Crippen LogP contribution in [-0.2, 0) is 22.8 Å². The summed E-state index contributed by atoms with van der Waals surface area (Å²) in [6.45, 7) is 18.3. The minimum absolute atomic E-state index is 0.361. The van der Waals surface area contributed by atoms with Crippen LogP contribution >= 0.6 is 15.9 Å². The summed E-state index contributed by atoms with van der Waals surface area (Å²) in [4.78, 5) is 26.2. The molecule has 0 radical (unpaired) electrons. The molecule has 32 heavy (non-hydrogen) atoms. The predicted molar refractivity (Wildman–Crippen MR) is 127 cm³/mol. The molecular formula is C23H44O7P2. The van der Waals surface area contributed by atoms with Gasteiger partial charge < -0.3 is 14.5 Å². The van der Waals surface area contributed by atoms with Crippen LogP contribution in [0.4, 0.5) is 0 Å². The van der Waals surface area contributed by atoms with Gasteiger partial charge in [-0.1, -0.05) is 6.92 Å². The fourth-order valence-electron chi connectivity index (χ4n) is 3.51. The van der Waals surface area contributed by atoms with Crippen molar-refractivity contribution in [3.63, 3.8) is 0 Å². The third-order valence-electron chi connectivity index (χ3n) is 6.85. The Labute approximate surface area is 196 Å². The summed E-state index contributed by atoms with van der Waals surface area (Å²) in [5.74, 6) is 0. The molecule has 0 atom stereocenters. The van der Waals surface area contributed by atoms with Crippen molar-refractivity contribution in [1.82, 2.24) is 0 Å². The van der Waals surface area contributed by atoms with Crippen molar-refractivity contribution in [2.24, 2.45) is 0 Å². The van der Waals surface area contributed by atoms with Gasteiger partial charge in [0.15, 0.2) is 0 Å². The van der Waals surface area contributed by atoms with E-state index in [1.165, 1.54) is 0 Å². The van der Waals surface area contributed by atoms with Crippen molar-refractivity contribution in [2.45, 2.75) is 117 Å². The second kappa shape index (κ2) is 10.1. The molecule has 2 aliphatic heterocycles. The number of ether oxygens (including phenoxy) is 1. The van der Waals surface area contributed by atoms with Gasteiger partial charge in [-0.05, 0) is 87.1 Å². The van der Waals surface area contributed by atoms with E-state index in [4.69, 9.17) is 22.8 Å². The highest BCUT2D eigenvalue weighted by Gasteiger charge is 2.61. The van der Waals surface area contributed by atoms with Crippen LogP contribution in [0, 0.1) is 0 Å². The lowest BCUT2D eigenvalue weighted by Crippen LogP contribution is -2.41. The zero-order valence-corrected chi connectivity index (χ0v) is 23.3. The fourth-order valence-corrected chi connectivity index (χ4v) is 8.88. The average molecular weight is 495 g/mol. The van der Waals surface area contributed by atoms with Crippen LogP contribution in [0.25, 0.3) is 0 Å². The first kappa shape index (κ1) is 28.6. The van der Waals surface area contributed by atoms with Gasteiger partial charge in [0, 0.05) is 13.0 Å². The predicted octanol–water partition coefficient (Wildman–Crippen LogP) is 5.31. The monoisotopic (exact) mass is 494 g/mol. The Hall–Kier alpha value is 0.320. The number of hydrogen-bond donors (Lipinski definition) is 0. The first-order valence-electron chi connectivity index (χ1n) is 11.8. The van der Waals surface area contributed by atoms with E-state index in [0.29, 0.717) is 31.1 Å². The highest BCUT2D eigenvalue weighted by atomic mass is 31.2. The van der Waals surface area contributed by atoms with E-state index in [9.17, 15) is 9.79 Å². The molecule has 2 fully saturated rings. The Kier molecular flexibility index (Phi) is 9.04. The summed E-state index contributed by atoms with van der Waals surface area (Å²) in [6.07, 6.45) is 6.24. The summed E-state index contributed by atoms with van der Waals surface area (Å²) < 4.78 is 29.1. The molecule has 0 aromatic heterocycles. The molecule has 0 amide bonds. The molecule has 0 bridgehead atoms. The molecule has 0 aliphatic carbocycles. The van der Waals surface area contributed by atoms with Crippen molar-refractivity contribution in [3.8, 4) is 0 Å². The summed E-state index contributed by atoms with van der Waals surface area (Å²) in [5, 5.41) is 0.692. The molecule has 0 aromatic carbocycles. The minimum atomic E-state index is -3.33. The van der Waals surface area contributed by atoms with E-state index in [0.717, 1.165) is 25.7 Å². The van der Waals surface area contributed by atoms with Gasteiger partial charge in [0.25, 0.3) is 7.94 Å². The van der Waals surface area contributed by atoms with E-state index >= 15 is 0 Å². The molecule has 0 saturated carbocycles. The van der Waals surface area contributed by atoms with Crippen LogP contribution < -0.4 is 9.79 Å². The number of allylic oxidation sites excluding steroid dienone is 1. The Morgan fingerprint density at radius 3 is 1.78 bits per heavy atom. The maximum absolute atomic E-state index is 13.4. The van der Waals surface area contributed by atoms with Crippen molar-refractivity contribution in [3.05, 3.63) is 11.4 Å². The number of rotatable bonds is 11. The third-order valence-corrected chi connectivity index (χ3v) is 11.7. The zero-order valence-electron chi connectivity index (χ0n) is 21.5. The molecular weight excluding hydrogens is 450 g/mol. The molecule has 2 rings (SSSR count). The molecule has 0 N–H and O–H groups in total. The standard InChI is InChI=1S/C23H44O7P2/c1-10-14-19(32(25)29-22(6,7)23(8,9)30-32)15-17-26-16-12-11-13-18-31(24)27-20(2,3)21(4,5)28-31/h15H,10-14,16-18H2,1-9H3/b19-15+. The third kappa shape index (κ3) is 6.50. The molecule has 0 spiro atoms. The first-order chi connectivity index (χ1) is 14.5. The van der Waals surface area contributed by atoms with Crippen LogP contribution in [0.2, 0.25) is 0 Å². The SMILES string of the molecule is CCC/C(=C\COCCCCC[P+]1([O-])OC(C)(C)C(C)(C)O1)[P+]1([O-])OC(C)(C)C(C)(C)O1. The van der Waals surface area contributed by atoms with Crippen LogP contribution in [0.5, 0.6) is 0 Å². The molecule has 188 valence electrons. The second-order valence-electron chi connectivity index (χ2n) is 10.8. The van der Waals surface area contributed by atoms with Gasteiger partial charge in [0.1, 0.15) is 33.9 Å². The zero-order chi connectivity index (χ0) is 24.5. The molecule has 7 nitrogen and oxygen atoms in total. The minimum Gasteiger partial charge on any atom is -0.631 e. The summed E-state index contributed by atoms with van der Waals surface area (Å²) in [7, 11) is -6.37. The second-order valence-corrected chi connectivity index (χ2v) is 14.8. The van der Waals surface area contributed by atoms with Gasteiger partial charge in [-0.25, -0.2) is 9.05 Å². The Bertz CT molecular complexity index is 641. The highest BCUT2D eigenvalue weighted by Crippen LogP contribution is 2.72. The van der Waals surface area contributed by atoms with Gasteiger partial charge in [-0.3, -0.25) is 0 Å². The molecule has 2 heterocycles. The average Bonchev–Trinajstić information content (AvgIpc) is 2.88. The molecule has 0 aromatic rings. The smallest absolute Gasteiger partial charge is 0.268 e. The van der Waals surface area contributed by atoms with Crippen molar-refractivity contribution < 1.29 is 32.6 Å². The maximum atomic E-state index is 13.4. The Balaban J connectivity index is 1.74. The largest absolute Gasteiger partial charge is 0.631 e. The summed E-state index contributed by atoms with van der Waals surface area (Å²) in [6, 6.07) is 0. The Morgan fingerprint density at radius 2 is 1.28 bits per heavy atom. The Morgan fingerprint density at radius 1 is 0.781 bits per heavy atom. The normalized spacial score (nSPS) is 27.0. The lowest BCUT2D eigenvalue weighted by Gasteiger charge is -2.25. The van der Waals surface area contributed by atoms with E-state index in [2.05, 4.69) is 0 Å². The van der Waals surface area contributed by atoms with Gasteiger partial charge in [0.05, 0.1) is 6.61 Å². The molecule has 2 aliphatic rings. The first-order valence-corrected chi connectivity index (χ1v) is 15.1. The molecule has 0 unspecified atom stereocenters. The lowest BCUT2D eigenvalue weighted by atomic mass is 9.90. The van der Waals surface area contributed by atoms with Crippen LogP contribution in [0.15, 0.2) is 11.4 Å². The van der Waals surface area contributed by atoms with E-state index < -0.39 is 38.3 Å².